The SMILES string of the molecule is CC1=NOC(CCNc2ccccc2C(=O)NOCc2ccc(C#N)cc2)C1. The number of carbonyl (C=O) groups is 1. The van der Waals surface area contributed by atoms with Crippen molar-refractivity contribution in [2.75, 3.05) is 11.9 Å². The highest BCUT2D eigenvalue weighted by atomic mass is 16.7. The molecule has 7 heteroatoms. The summed E-state index contributed by atoms with van der Waals surface area (Å²) in [6.07, 6.45) is 1.73. The van der Waals surface area contributed by atoms with Gasteiger partial charge in [0.25, 0.3) is 5.91 Å². The number of anilines is 1. The van der Waals surface area contributed by atoms with Crippen molar-refractivity contribution in [1.82, 2.24) is 5.48 Å². The van der Waals surface area contributed by atoms with Crippen LogP contribution in [0.1, 0.15) is 41.3 Å². The van der Waals surface area contributed by atoms with Crippen LogP contribution in [0.4, 0.5) is 5.69 Å². The van der Waals surface area contributed by atoms with Crippen molar-refractivity contribution >= 4 is 17.3 Å². The van der Waals surface area contributed by atoms with Crippen LogP contribution in [0, 0.1) is 11.3 Å². The van der Waals surface area contributed by atoms with E-state index in [1.165, 1.54) is 0 Å². The van der Waals surface area contributed by atoms with Crippen LogP contribution in [0.5, 0.6) is 0 Å². The Balaban J connectivity index is 1.48. The van der Waals surface area contributed by atoms with E-state index in [4.69, 9.17) is 14.9 Å². The zero-order valence-corrected chi connectivity index (χ0v) is 15.6. The van der Waals surface area contributed by atoms with Gasteiger partial charge in [-0.15, -0.1) is 0 Å². The van der Waals surface area contributed by atoms with Crippen LogP contribution in [-0.4, -0.2) is 24.3 Å². The smallest absolute Gasteiger partial charge is 0.276 e. The molecule has 1 amide bonds. The predicted octanol–water partition coefficient (Wildman–Crippen LogP) is 3.39. The summed E-state index contributed by atoms with van der Waals surface area (Å²) >= 11 is 0. The zero-order chi connectivity index (χ0) is 19.8. The van der Waals surface area contributed by atoms with Gasteiger partial charge in [-0.05, 0) is 36.8 Å². The van der Waals surface area contributed by atoms with Crippen molar-refractivity contribution in [3.63, 3.8) is 0 Å². The lowest BCUT2D eigenvalue weighted by Gasteiger charge is -2.13. The molecule has 7 nitrogen and oxygen atoms in total. The second-order valence-corrected chi connectivity index (χ2v) is 6.55. The van der Waals surface area contributed by atoms with Crippen molar-refractivity contribution in [3.05, 3.63) is 65.2 Å². The number of hydroxylamine groups is 1. The number of carbonyl (C=O) groups excluding carboxylic acids is 1. The van der Waals surface area contributed by atoms with Gasteiger partial charge in [0.15, 0.2) is 0 Å². The monoisotopic (exact) mass is 378 g/mol. The van der Waals surface area contributed by atoms with E-state index in [1.807, 2.05) is 19.1 Å². The molecule has 3 rings (SSSR count). The highest BCUT2D eigenvalue weighted by molar-refractivity contribution is 5.99. The molecule has 2 N–H and O–H groups in total. The van der Waals surface area contributed by atoms with E-state index in [0.29, 0.717) is 17.7 Å². The number of rotatable bonds is 8. The highest BCUT2D eigenvalue weighted by Crippen LogP contribution is 2.17. The lowest BCUT2D eigenvalue weighted by Crippen LogP contribution is -2.25. The first-order valence-electron chi connectivity index (χ1n) is 9.09. The van der Waals surface area contributed by atoms with Gasteiger partial charge in [0, 0.05) is 25.1 Å². The van der Waals surface area contributed by atoms with Crippen LogP contribution in [-0.2, 0) is 16.3 Å². The van der Waals surface area contributed by atoms with E-state index in [0.717, 1.165) is 29.8 Å². The molecule has 2 aromatic rings. The molecule has 0 aromatic heterocycles. The number of nitrogens with one attached hydrogen (secondary N) is 2. The first-order chi connectivity index (χ1) is 13.7. The summed E-state index contributed by atoms with van der Waals surface area (Å²) in [6, 6.07) is 16.3. The summed E-state index contributed by atoms with van der Waals surface area (Å²) in [6.45, 7) is 2.83. The van der Waals surface area contributed by atoms with E-state index in [-0.39, 0.29) is 18.6 Å². The van der Waals surface area contributed by atoms with Crippen molar-refractivity contribution in [3.8, 4) is 6.07 Å². The summed E-state index contributed by atoms with van der Waals surface area (Å²) in [7, 11) is 0. The third-order valence-corrected chi connectivity index (χ3v) is 4.32. The Hall–Kier alpha value is -3.37. The average molecular weight is 378 g/mol. The topological polar surface area (TPSA) is 95.7 Å². The molecule has 2 aromatic carbocycles. The van der Waals surface area contributed by atoms with Gasteiger partial charge in [0.05, 0.1) is 29.5 Å². The molecule has 1 atom stereocenters. The first-order valence-corrected chi connectivity index (χ1v) is 9.09. The fraction of sp³-hybridized carbons (Fsp3) is 0.286. The van der Waals surface area contributed by atoms with Crippen molar-refractivity contribution in [2.24, 2.45) is 5.16 Å². The summed E-state index contributed by atoms with van der Waals surface area (Å²) in [5.74, 6) is -0.326. The van der Waals surface area contributed by atoms with Gasteiger partial charge in [0.2, 0.25) is 0 Å². The van der Waals surface area contributed by atoms with Gasteiger partial charge in [0.1, 0.15) is 6.10 Å². The maximum absolute atomic E-state index is 12.5. The maximum Gasteiger partial charge on any atom is 0.276 e. The fourth-order valence-corrected chi connectivity index (χ4v) is 2.84. The van der Waals surface area contributed by atoms with Crippen molar-refractivity contribution < 1.29 is 14.5 Å². The standard InChI is InChI=1S/C21H22N4O3/c1-15-12-18(28-24-15)10-11-23-20-5-3-2-4-19(20)21(26)25-27-14-17-8-6-16(13-22)7-9-17/h2-9,18,23H,10-12,14H2,1H3,(H,25,26). The number of nitriles is 1. The number of hydrogen-bond donors (Lipinski definition) is 2. The minimum absolute atomic E-state index is 0.0873. The molecule has 0 aliphatic carbocycles. The van der Waals surface area contributed by atoms with E-state index < -0.39 is 0 Å². The Bertz CT molecular complexity index is 887. The lowest BCUT2D eigenvalue weighted by molar-refractivity contribution is 0.0234. The van der Waals surface area contributed by atoms with E-state index in [2.05, 4.69) is 22.0 Å². The fourth-order valence-electron chi connectivity index (χ4n) is 2.84. The van der Waals surface area contributed by atoms with Crippen LogP contribution >= 0.6 is 0 Å². The quantitative estimate of drug-likeness (QED) is 0.687. The average Bonchev–Trinajstić information content (AvgIpc) is 3.14. The molecular weight excluding hydrogens is 356 g/mol. The summed E-state index contributed by atoms with van der Waals surface area (Å²) in [4.78, 5) is 23.1. The Kier molecular flexibility index (Phi) is 6.60. The molecule has 1 unspecified atom stereocenters. The molecule has 0 bridgehead atoms. The normalized spacial score (nSPS) is 15.3. The van der Waals surface area contributed by atoms with Crippen molar-refractivity contribution in [1.29, 1.82) is 5.26 Å². The van der Waals surface area contributed by atoms with Crippen LogP contribution in [0.3, 0.4) is 0 Å². The number of benzene rings is 2. The van der Waals surface area contributed by atoms with Crippen LogP contribution < -0.4 is 10.8 Å². The number of amides is 1. The van der Waals surface area contributed by atoms with Crippen LogP contribution in [0.25, 0.3) is 0 Å². The van der Waals surface area contributed by atoms with Gasteiger partial charge in [-0.3, -0.25) is 9.63 Å². The van der Waals surface area contributed by atoms with E-state index in [9.17, 15) is 4.79 Å². The summed E-state index contributed by atoms with van der Waals surface area (Å²) < 4.78 is 0. The van der Waals surface area contributed by atoms with Gasteiger partial charge < -0.3 is 10.2 Å². The summed E-state index contributed by atoms with van der Waals surface area (Å²) in [5.41, 5.74) is 6.15. The molecule has 144 valence electrons. The van der Waals surface area contributed by atoms with E-state index in [1.54, 1.807) is 36.4 Å². The van der Waals surface area contributed by atoms with Crippen LogP contribution in [0.2, 0.25) is 0 Å². The summed E-state index contributed by atoms with van der Waals surface area (Å²) in [5, 5.41) is 16.0. The molecule has 0 radical (unpaired) electrons. The molecule has 0 spiro atoms. The Morgan fingerprint density at radius 3 is 2.79 bits per heavy atom. The van der Waals surface area contributed by atoms with E-state index >= 15 is 0 Å². The first kappa shape index (κ1) is 19.4. The Labute approximate surface area is 163 Å². The molecule has 0 saturated heterocycles. The van der Waals surface area contributed by atoms with Crippen molar-refractivity contribution in [2.45, 2.75) is 32.5 Å². The second-order valence-electron chi connectivity index (χ2n) is 6.55. The molecule has 1 aliphatic rings. The largest absolute Gasteiger partial charge is 0.392 e. The molecular formula is C21H22N4O3. The maximum atomic E-state index is 12.5. The third-order valence-electron chi connectivity index (χ3n) is 4.32. The molecule has 1 heterocycles. The second kappa shape index (κ2) is 9.53. The van der Waals surface area contributed by atoms with Gasteiger partial charge >= 0.3 is 0 Å². The number of para-hydroxylation sites is 1. The molecule has 0 saturated carbocycles. The highest BCUT2D eigenvalue weighted by Gasteiger charge is 2.18. The Morgan fingerprint density at radius 1 is 1.29 bits per heavy atom. The minimum Gasteiger partial charge on any atom is -0.392 e. The van der Waals surface area contributed by atoms with Gasteiger partial charge in [-0.25, -0.2) is 5.48 Å². The van der Waals surface area contributed by atoms with Gasteiger partial charge in [-0.1, -0.05) is 29.4 Å². The molecule has 0 fully saturated rings. The molecule has 1 aliphatic heterocycles. The third kappa shape index (κ3) is 5.32. The molecule has 28 heavy (non-hydrogen) atoms. The lowest BCUT2D eigenvalue weighted by atomic mass is 10.1. The zero-order valence-electron chi connectivity index (χ0n) is 15.6. The van der Waals surface area contributed by atoms with Crippen LogP contribution in [0.15, 0.2) is 53.7 Å². The minimum atomic E-state index is -0.326. The number of oxime groups is 1. The Morgan fingerprint density at radius 2 is 2.07 bits per heavy atom. The predicted molar refractivity (Wildman–Crippen MR) is 106 cm³/mol. The number of hydrogen-bond acceptors (Lipinski definition) is 6. The number of nitrogens with zero attached hydrogens (tertiary/aromatic N) is 2. The van der Waals surface area contributed by atoms with Gasteiger partial charge in [-0.2, -0.15) is 5.26 Å².